The Morgan fingerprint density at radius 1 is 0.576 bits per heavy atom. The Morgan fingerprint density at radius 2 is 0.909 bits per heavy atom. The minimum absolute atomic E-state index is 0.0567. The predicted molar refractivity (Wildman–Crippen MR) is 130 cm³/mol. The highest BCUT2D eigenvalue weighted by Crippen LogP contribution is 2.23. The Kier molecular flexibility index (Phi) is 21.8. The number of carbonyl (C=O) groups is 2. The topological polar surface area (TPSA) is 113 Å². The summed E-state index contributed by atoms with van der Waals surface area (Å²) in [5, 5.41) is 27.4. The lowest BCUT2D eigenvalue weighted by molar-refractivity contribution is -0.156. The van der Waals surface area contributed by atoms with E-state index in [9.17, 15) is 14.7 Å². The lowest BCUT2D eigenvalue weighted by atomic mass is 9.88. The van der Waals surface area contributed by atoms with Gasteiger partial charge in [-0.3, -0.25) is 9.59 Å². The first-order valence-corrected chi connectivity index (χ1v) is 13.2. The van der Waals surface area contributed by atoms with E-state index < -0.39 is 5.41 Å². The van der Waals surface area contributed by atoms with Gasteiger partial charge in [-0.05, 0) is 32.1 Å². The minimum Gasteiger partial charge on any atom is -0.465 e. The van der Waals surface area contributed by atoms with Crippen LogP contribution in [0, 0.1) is 5.41 Å². The fourth-order valence-corrected chi connectivity index (χ4v) is 3.59. The average Bonchev–Trinajstić information content (AvgIpc) is 2.83. The van der Waals surface area contributed by atoms with E-state index in [4.69, 9.17) is 19.7 Å². The highest BCUT2D eigenvalue weighted by atomic mass is 16.5. The Hall–Kier alpha value is -1.18. The SMILES string of the molecule is CCC(CO)(COC(=O)CCCCCCCCCO)COC(=O)CCCCCCCCCO. The molecule has 0 saturated carbocycles. The first-order chi connectivity index (χ1) is 16.0. The first-order valence-electron chi connectivity index (χ1n) is 13.2. The third-order valence-corrected chi connectivity index (χ3v) is 6.24. The fraction of sp³-hybridized carbons (Fsp3) is 0.923. The number of ether oxygens (including phenoxy) is 2. The Morgan fingerprint density at radius 3 is 1.21 bits per heavy atom. The Labute approximate surface area is 201 Å². The molecule has 196 valence electrons. The van der Waals surface area contributed by atoms with E-state index in [0.29, 0.717) is 19.3 Å². The average molecular weight is 475 g/mol. The maximum absolute atomic E-state index is 12.1. The van der Waals surface area contributed by atoms with Crippen LogP contribution in [0.4, 0.5) is 0 Å². The largest absolute Gasteiger partial charge is 0.465 e. The van der Waals surface area contributed by atoms with Gasteiger partial charge >= 0.3 is 11.9 Å². The van der Waals surface area contributed by atoms with Gasteiger partial charge in [-0.1, -0.05) is 71.1 Å². The van der Waals surface area contributed by atoms with E-state index in [-0.39, 0.29) is 45.0 Å². The zero-order valence-electron chi connectivity index (χ0n) is 21.0. The summed E-state index contributed by atoms with van der Waals surface area (Å²) in [6, 6.07) is 0. The number of carbonyl (C=O) groups excluding carboxylic acids is 2. The molecule has 33 heavy (non-hydrogen) atoms. The van der Waals surface area contributed by atoms with Gasteiger partial charge in [0, 0.05) is 26.1 Å². The third-order valence-electron chi connectivity index (χ3n) is 6.24. The number of aliphatic hydroxyl groups is 3. The number of unbranched alkanes of at least 4 members (excludes halogenated alkanes) is 12. The molecule has 0 aliphatic rings. The molecule has 0 aromatic carbocycles. The normalized spacial score (nSPS) is 11.5. The summed E-state index contributed by atoms with van der Waals surface area (Å²) in [6.45, 7) is 2.32. The molecular weight excluding hydrogens is 424 g/mol. The van der Waals surface area contributed by atoms with Crippen molar-refractivity contribution in [1.82, 2.24) is 0 Å². The molecule has 0 heterocycles. The molecule has 0 aromatic rings. The molecule has 0 atom stereocenters. The van der Waals surface area contributed by atoms with Gasteiger partial charge in [0.2, 0.25) is 0 Å². The van der Waals surface area contributed by atoms with Gasteiger partial charge in [0.15, 0.2) is 0 Å². The zero-order valence-corrected chi connectivity index (χ0v) is 21.0. The van der Waals surface area contributed by atoms with Crippen LogP contribution >= 0.6 is 0 Å². The molecule has 0 aromatic heterocycles. The summed E-state index contributed by atoms with van der Waals surface area (Å²) in [4.78, 5) is 24.1. The van der Waals surface area contributed by atoms with Crippen molar-refractivity contribution in [2.24, 2.45) is 5.41 Å². The van der Waals surface area contributed by atoms with Gasteiger partial charge in [-0.2, -0.15) is 0 Å². The molecule has 0 aliphatic heterocycles. The first kappa shape index (κ1) is 31.8. The van der Waals surface area contributed by atoms with Gasteiger partial charge in [-0.25, -0.2) is 0 Å². The van der Waals surface area contributed by atoms with E-state index in [0.717, 1.165) is 89.9 Å². The summed E-state index contributed by atoms with van der Waals surface area (Å²) in [5.41, 5.74) is -0.745. The Balaban J connectivity index is 3.96. The van der Waals surface area contributed by atoms with Crippen LogP contribution in [0.15, 0.2) is 0 Å². The molecule has 0 fully saturated rings. The quantitative estimate of drug-likeness (QED) is 0.137. The lowest BCUT2D eigenvalue weighted by Gasteiger charge is -2.29. The molecule has 0 spiro atoms. The Bertz CT molecular complexity index is 426. The highest BCUT2D eigenvalue weighted by molar-refractivity contribution is 5.69. The van der Waals surface area contributed by atoms with E-state index >= 15 is 0 Å². The van der Waals surface area contributed by atoms with Gasteiger partial charge in [0.05, 0.1) is 12.0 Å². The smallest absolute Gasteiger partial charge is 0.305 e. The summed E-state index contributed by atoms with van der Waals surface area (Å²) in [7, 11) is 0. The van der Waals surface area contributed by atoms with Crippen LogP contribution in [0.5, 0.6) is 0 Å². The van der Waals surface area contributed by atoms with Gasteiger partial charge in [0.25, 0.3) is 0 Å². The molecule has 0 aliphatic carbocycles. The maximum atomic E-state index is 12.1. The second-order valence-electron chi connectivity index (χ2n) is 9.23. The van der Waals surface area contributed by atoms with Crippen molar-refractivity contribution in [3.8, 4) is 0 Å². The molecule has 3 N–H and O–H groups in total. The number of rotatable bonds is 24. The van der Waals surface area contributed by atoms with Crippen LogP contribution in [0.2, 0.25) is 0 Å². The van der Waals surface area contributed by atoms with Crippen LogP contribution in [0.1, 0.15) is 116 Å². The summed E-state index contributed by atoms with van der Waals surface area (Å²) in [5.74, 6) is -0.543. The van der Waals surface area contributed by atoms with Crippen molar-refractivity contribution in [2.45, 2.75) is 116 Å². The van der Waals surface area contributed by atoms with E-state index in [1.54, 1.807) is 0 Å². The summed E-state index contributed by atoms with van der Waals surface area (Å²) in [6.07, 6.45) is 15.2. The fourth-order valence-electron chi connectivity index (χ4n) is 3.59. The molecule has 0 bridgehead atoms. The van der Waals surface area contributed by atoms with Crippen molar-refractivity contribution in [3.05, 3.63) is 0 Å². The second-order valence-corrected chi connectivity index (χ2v) is 9.23. The van der Waals surface area contributed by atoms with E-state index in [1.165, 1.54) is 0 Å². The molecule has 7 heteroatoms. The number of hydrogen-bond acceptors (Lipinski definition) is 7. The third kappa shape index (κ3) is 18.9. The van der Waals surface area contributed by atoms with Gasteiger partial charge in [0.1, 0.15) is 13.2 Å². The van der Waals surface area contributed by atoms with Crippen LogP contribution in [0.25, 0.3) is 0 Å². The molecule has 7 nitrogen and oxygen atoms in total. The van der Waals surface area contributed by atoms with Crippen LogP contribution < -0.4 is 0 Å². The minimum atomic E-state index is -0.745. The lowest BCUT2D eigenvalue weighted by Crippen LogP contribution is -2.37. The van der Waals surface area contributed by atoms with Crippen LogP contribution in [-0.2, 0) is 19.1 Å². The molecular formula is C26H50O7. The second kappa shape index (κ2) is 22.6. The van der Waals surface area contributed by atoms with Crippen LogP contribution in [-0.4, -0.2) is 60.3 Å². The standard InChI is InChI=1S/C26H50O7/c1-2-26(21-29,22-32-24(30)17-13-9-5-3-7-11-15-19-27)23-33-25(31)18-14-10-6-4-8-12-16-20-28/h27-29H,2-23H2,1H3. The highest BCUT2D eigenvalue weighted by Gasteiger charge is 2.31. The summed E-state index contributed by atoms with van der Waals surface area (Å²) < 4.78 is 10.8. The van der Waals surface area contributed by atoms with Crippen molar-refractivity contribution in [3.63, 3.8) is 0 Å². The van der Waals surface area contributed by atoms with Crippen molar-refractivity contribution in [2.75, 3.05) is 33.0 Å². The maximum Gasteiger partial charge on any atom is 0.305 e. The molecule has 0 unspecified atom stereocenters. The van der Waals surface area contributed by atoms with E-state index in [1.807, 2.05) is 6.92 Å². The number of esters is 2. The summed E-state index contributed by atoms with van der Waals surface area (Å²) >= 11 is 0. The zero-order chi connectivity index (χ0) is 24.6. The van der Waals surface area contributed by atoms with E-state index in [2.05, 4.69) is 0 Å². The monoisotopic (exact) mass is 474 g/mol. The molecule has 0 saturated heterocycles. The number of aliphatic hydroxyl groups excluding tert-OH is 3. The number of hydrogen-bond donors (Lipinski definition) is 3. The van der Waals surface area contributed by atoms with Crippen molar-refractivity contribution < 1.29 is 34.4 Å². The molecule has 0 radical (unpaired) electrons. The molecule has 0 amide bonds. The van der Waals surface area contributed by atoms with Gasteiger partial charge in [-0.15, -0.1) is 0 Å². The predicted octanol–water partition coefficient (Wildman–Crippen LogP) is 4.69. The van der Waals surface area contributed by atoms with Gasteiger partial charge < -0.3 is 24.8 Å². The van der Waals surface area contributed by atoms with Crippen LogP contribution in [0.3, 0.4) is 0 Å². The molecule has 0 rings (SSSR count). The van der Waals surface area contributed by atoms with Crippen molar-refractivity contribution >= 4 is 11.9 Å². The van der Waals surface area contributed by atoms with Crippen molar-refractivity contribution in [1.29, 1.82) is 0 Å².